The first-order chi connectivity index (χ1) is 13.6. The number of hydrogen-bond donors (Lipinski definition) is 0. The fourth-order valence-corrected chi connectivity index (χ4v) is 2.80. The first kappa shape index (κ1) is 19.6. The van der Waals surface area contributed by atoms with Crippen LogP contribution in [0.5, 0.6) is 11.5 Å². The van der Waals surface area contributed by atoms with Crippen LogP contribution in [0.25, 0.3) is 11.1 Å². The van der Waals surface area contributed by atoms with Gasteiger partial charge in [-0.3, -0.25) is 9.59 Å². The van der Waals surface area contributed by atoms with E-state index < -0.39 is 5.97 Å². The number of esters is 2. The normalized spacial score (nSPS) is 10.3. The number of ether oxygens (including phenoxy) is 2. The molecule has 0 bridgehead atoms. The molecular formula is C23H19ClO4. The minimum Gasteiger partial charge on any atom is -0.427 e. The Balaban J connectivity index is 1.42. The zero-order valence-electron chi connectivity index (χ0n) is 15.1. The molecule has 0 aliphatic heterocycles. The maximum atomic E-state index is 12.0. The highest BCUT2D eigenvalue weighted by Crippen LogP contribution is 2.22. The first-order valence-electron chi connectivity index (χ1n) is 8.92. The number of rotatable bonds is 7. The van der Waals surface area contributed by atoms with Gasteiger partial charge in [-0.2, -0.15) is 0 Å². The molecule has 0 saturated heterocycles. The molecule has 0 spiro atoms. The molecule has 0 aromatic heterocycles. The summed E-state index contributed by atoms with van der Waals surface area (Å²) in [4.78, 5) is 23.8. The van der Waals surface area contributed by atoms with Gasteiger partial charge in [0.15, 0.2) is 0 Å². The lowest BCUT2D eigenvalue weighted by atomic mass is 10.1. The Hall–Kier alpha value is -3.11. The first-order valence-corrected chi connectivity index (χ1v) is 9.30. The molecule has 3 aromatic rings. The van der Waals surface area contributed by atoms with Gasteiger partial charge in [0, 0.05) is 17.9 Å². The van der Waals surface area contributed by atoms with Gasteiger partial charge < -0.3 is 9.47 Å². The van der Waals surface area contributed by atoms with Gasteiger partial charge in [-0.15, -0.1) is 0 Å². The van der Waals surface area contributed by atoms with Crippen LogP contribution in [-0.4, -0.2) is 11.9 Å². The molecule has 3 rings (SSSR count). The highest BCUT2D eigenvalue weighted by Gasteiger charge is 2.10. The Morgan fingerprint density at radius 3 is 1.93 bits per heavy atom. The number of carbonyl (C=O) groups is 2. The summed E-state index contributed by atoms with van der Waals surface area (Å²) in [6, 6.07) is 23.9. The molecule has 0 aliphatic carbocycles. The van der Waals surface area contributed by atoms with Crippen LogP contribution in [0.4, 0.5) is 0 Å². The summed E-state index contributed by atoms with van der Waals surface area (Å²) in [7, 11) is 0. The summed E-state index contributed by atoms with van der Waals surface area (Å²) in [5.74, 6) is 0.0649. The summed E-state index contributed by atoms with van der Waals surface area (Å²) in [6.07, 6.45) is 0.597. The lowest BCUT2D eigenvalue weighted by Gasteiger charge is -2.07. The molecule has 0 amide bonds. The van der Waals surface area contributed by atoms with Crippen molar-refractivity contribution in [2.45, 2.75) is 19.3 Å². The SMILES string of the molecule is O=C(CCCC(=O)Oc1cccc(Cl)c1)Oc1ccc(-c2ccccc2)cc1. The molecule has 0 atom stereocenters. The average Bonchev–Trinajstić information content (AvgIpc) is 2.69. The van der Waals surface area contributed by atoms with Gasteiger partial charge in [0.25, 0.3) is 0 Å². The van der Waals surface area contributed by atoms with Crippen molar-refractivity contribution in [3.05, 3.63) is 83.9 Å². The Bertz CT molecular complexity index is 936. The monoisotopic (exact) mass is 394 g/mol. The third kappa shape index (κ3) is 5.96. The smallest absolute Gasteiger partial charge is 0.311 e. The van der Waals surface area contributed by atoms with Crippen LogP contribution >= 0.6 is 11.6 Å². The number of halogens is 1. The van der Waals surface area contributed by atoms with Gasteiger partial charge in [-0.25, -0.2) is 0 Å². The van der Waals surface area contributed by atoms with Crippen LogP contribution in [0.3, 0.4) is 0 Å². The van der Waals surface area contributed by atoms with Gasteiger partial charge in [0.2, 0.25) is 0 Å². The number of carbonyl (C=O) groups excluding carboxylic acids is 2. The molecule has 0 unspecified atom stereocenters. The molecule has 0 aliphatic rings. The van der Waals surface area contributed by atoms with Crippen molar-refractivity contribution in [2.75, 3.05) is 0 Å². The van der Waals surface area contributed by atoms with Gasteiger partial charge in [-0.1, -0.05) is 60.1 Å². The van der Waals surface area contributed by atoms with E-state index in [1.54, 1.807) is 36.4 Å². The molecule has 0 fully saturated rings. The van der Waals surface area contributed by atoms with Crippen LogP contribution in [0, 0.1) is 0 Å². The molecule has 0 radical (unpaired) electrons. The fraction of sp³-hybridized carbons (Fsp3) is 0.130. The molecule has 5 heteroatoms. The predicted molar refractivity (Wildman–Crippen MR) is 108 cm³/mol. The van der Waals surface area contributed by atoms with Crippen molar-refractivity contribution in [1.29, 1.82) is 0 Å². The van der Waals surface area contributed by atoms with Crippen LogP contribution < -0.4 is 9.47 Å². The topological polar surface area (TPSA) is 52.6 Å². The minimum absolute atomic E-state index is 0.120. The predicted octanol–water partition coefficient (Wildman–Crippen LogP) is 5.69. The van der Waals surface area contributed by atoms with E-state index in [0.29, 0.717) is 22.9 Å². The van der Waals surface area contributed by atoms with Crippen molar-refractivity contribution in [3.8, 4) is 22.6 Å². The number of benzene rings is 3. The van der Waals surface area contributed by atoms with Crippen molar-refractivity contribution >= 4 is 23.5 Å². The Kier molecular flexibility index (Phi) is 6.82. The van der Waals surface area contributed by atoms with Gasteiger partial charge in [0.1, 0.15) is 11.5 Å². The van der Waals surface area contributed by atoms with E-state index in [2.05, 4.69) is 0 Å². The Morgan fingerprint density at radius 1 is 0.679 bits per heavy atom. The highest BCUT2D eigenvalue weighted by molar-refractivity contribution is 6.30. The lowest BCUT2D eigenvalue weighted by Crippen LogP contribution is -2.11. The molecule has 28 heavy (non-hydrogen) atoms. The third-order valence-electron chi connectivity index (χ3n) is 3.98. The summed E-state index contributed by atoms with van der Waals surface area (Å²) < 4.78 is 10.5. The average molecular weight is 395 g/mol. The summed E-state index contributed by atoms with van der Waals surface area (Å²) in [6.45, 7) is 0. The number of hydrogen-bond acceptors (Lipinski definition) is 4. The Morgan fingerprint density at radius 2 is 1.29 bits per heavy atom. The molecule has 4 nitrogen and oxygen atoms in total. The molecule has 0 saturated carbocycles. The van der Waals surface area contributed by atoms with Crippen molar-refractivity contribution in [1.82, 2.24) is 0 Å². The van der Waals surface area contributed by atoms with Crippen molar-refractivity contribution in [3.63, 3.8) is 0 Å². The fourth-order valence-electron chi connectivity index (χ4n) is 2.62. The maximum Gasteiger partial charge on any atom is 0.311 e. The van der Waals surface area contributed by atoms with E-state index >= 15 is 0 Å². The van der Waals surface area contributed by atoms with Gasteiger partial charge in [0.05, 0.1) is 0 Å². The second kappa shape index (κ2) is 9.72. The molecule has 142 valence electrons. The quantitative estimate of drug-likeness (QED) is 0.381. The van der Waals surface area contributed by atoms with Crippen LogP contribution in [0.1, 0.15) is 19.3 Å². The van der Waals surface area contributed by atoms with Crippen molar-refractivity contribution in [2.24, 2.45) is 0 Å². The minimum atomic E-state index is -0.415. The lowest BCUT2D eigenvalue weighted by molar-refractivity contribution is -0.136. The second-order valence-electron chi connectivity index (χ2n) is 6.15. The zero-order valence-corrected chi connectivity index (χ0v) is 15.9. The molecular weight excluding hydrogens is 376 g/mol. The molecule has 0 N–H and O–H groups in total. The Labute approximate surface area is 168 Å². The summed E-state index contributed by atoms with van der Waals surface area (Å²) in [5.41, 5.74) is 2.14. The van der Waals surface area contributed by atoms with Crippen LogP contribution in [-0.2, 0) is 9.59 Å². The van der Waals surface area contributed by atoms with E-state index in [0.717, 1.165) is 11.1 Å². The van der Waals surface area contributed by atoms with E-state index in [4.69, 9.17) is 21.1 Å². The van der Waals surface area contributed by atoms with E-state index in [1.807, 2.05) is 42.5 Å². The zero-order chi connectivity index (χ0) is 19.8. The molecule has 0 heterocycles. The second-order valence-corrected chi connectivity index (χ2v) is 6.59. The largest absolute Gasteiger partial charge is 0.427 e. The van der Waals surface area contributed by atoms with E-state index in [9.17, 15) is 9.59 Å². The molecule has 3 aromatic carbocycles. The third-order valence-corrected chi connectivity index (χ3v) is 4.22. The van der Waals surface area contributed by atoms with Crippen molar-refractivity contribution < 1.29 is 19.1 Å². The highest BCUT2D eigenvalue weighted by atomic mass is 35.5. The maximum absolute atomic E-state index is 12.0. The van der Waals surface area contributed by atoms with Crippen LogP contribution in [0.15, 0.2) is 78.9 Å². The van der Waals surface area contributed by atoms with Gasteiger partial charge >= 0.3 is 11.9 Å². The van der Waals surface area contributed by atoms with E-state index in [-0.39, 0.29) is 18.8 Å². The summed E-state index contributed by atoms with van der Waals surface area (Å²) in [5, 5.41) is 0.493. The van der Waals surface area contributed by atoms with Crippen LogP contribution in [0.2, 0.25) is 5.02 Å². The van der Waals surface area contributed by atoms with E-state index in [1.165, 1.54) is 0 Å². The van der Waals surface area contributed by atoms with Gasteiger partial charge in [-0.05, 0) is 47.9 Å². The summed E-state index contributed by atoms with van der Waals surface area (Å²) >= 11 is 5.84. The standard InChI is InChI=1S/C23H19ClO4/c24-19-8-4-9-21(16-19)28-23(26)11-5-10-22(25)27-20-14-12-18(13-15-20)17-6-2-1-3-7-17/h1-4,6-9,12-16H,5,10-11H2.